The first-order chi connectivity index (χ1) is 14.0. The van der Waals surface area contributed by atoms with Crippen molar-refractivity contribution >= 4 is 32.2 Å². The van der Waals surface area contributed by atoms with E-state index in [-0.39, 0.29) is 30.6 Å². The Labute approximate surface area is 172 Å². The summed E-state index contributed by atoms with van der Waals surface area (Å²) in [7, 11) is -3.37. The molecule has 0 fully saturated rings. The van der Waals surface area contributed by atoms with Crippen molar-refractivity contribution in [1.29, 1.82) is 0 Å². The third-order valence-corrected chi connectivity index (χ3v) is 6.65. The number of rotatable bonds is 7. The molecule has 1 aliphatic rings. The van der Waals surface area contributed by atoms with E-state index in [4.69, 9.17) is 9.47 Å². The normalized spacial score (nSPS) is 12.7. The van der Waals surface area contributed by atoms with Gasteiger partial charge in [-0.25, -0.2) is 13.4 Å². The lowest BCUT2D eigenvalue weighted by Gasteiger charge is -2.05. The number of sulfone groups is 1. The highest BCUT2D eigenvalue weighted by Gasteiger charge is 2.17. The third-order valence-electron chi connectivity index (χ3n) is 4.29. The van der Waals surface area contributed by atoms with E-state index in [0.717, 1.165) is 5.56 Å². The zero-order valence-corrected chi connectivity index (χ0v) is 17.0. The van der Waals surface area contributed by atoms with Crippen molar-refractivity contribution in [1.82, 2.24) is 4.98 Å². The largest absolute Gasteiger partial charge is 0.454 e. The molecule has 0 spiro atoms. The van der Waals surface area contributed by atoms with E-state index >= 15 is 0 Å². The molecule has 4 rings (SSSR count). The minimum atomic E-state index is -3.37. The van der Waals surface area contributed by atoms with Crippen LogP contribution in [0.25, 0.3) is 11.3 Å². The molecule has 1 amide bonds. The van der Waals surface area contributed by atoms with Gasteiger partial charge in [-0.05, 0) is 23.8 Å². The molecule has 0 saturated carbocycles. The Bertz CT molecular complexity index is 1130. The average Bonchev–Trinajstić information content (AvgIpc) is 3.35. The molecule has 0 atom stereocenters. The molecule has 0 radical (unpaired) electrons. The summed E-state index contributed by atoms with van der Waals surface area (Å²) in [4.78, 5) is 16.6. The SMILES string of the molecule is O=C(CCS(=O)(=O)Cc1ccccc1)Nc1nc(-c2ccc3c(c2)OCO3)cs1. The lowest BCUT2D eigenvalue weighted by atomic mass is 10.1. The van der Waals surface area contributed by atoms with Crippen LogP contribution in [-0.2, 0) is 20.4 Å². The Morgan fingerprint density at radius 3 is 2.72 bits per heavy atom. The van der Waals surface area contributed by atoms with E-state index < -0.39 is 9.84 Å². The molecule has 150 valence electrons. The van der Waals surface area contributed by atoms with Crippen molar-refractivity contribution < 1.29 is 22.7 Å². The van der Waals surface area contributed by atoms with Gasteiger partial charge in [0.2, 0.25) is 12.7 Å². The number of carbonyl (C=O) groups excluding carboxylic acids is 1. The van der Waals surface area contributed by atoms with Crippen LogP contribution < -0.4 is 14.8 Å². The minimum Gasteiger partial charge on any atom is -0.454 e. The molecule has 0 unspecified atom stereocenters. The first-order valence-corrected chi connectivity index (χ1v) is 11.6. The number of benzene rings is 2. The second-order valence-electron chi connectivity index (χ2n) is 6.48. The van der Waals surface area contributed by atoms with Gasteiger partial charge < -0.3 is 14.8 Å². The van der Waals surface area contributed by atoms with Gasteiger partial charge in [-0.1, -0.05) is 30.3 Å². The molecule has 2 aromatic carbocycles. The van der Waals surface area contributed by atoms with Crippen molar-refractivity contribution in [3.63, 3.8) is 0 Å². The molecule has 7 nitrogen and oxygen atoms in total. The fourth-order valence-electron chi connectivity index (χ4n) is 2.85. The first kappa shape index (κ1) is 19.4. The van der Waals surface area contributed by atoms with E-state index in [1.807, 2.05) is 29.6 Å². The third kappa shape index (κ3) is 4.93. The Balaban J connectivity index is 1.33. The first-order valence-electron chi connectivity index (χ1n) is 8.88. The molecule has 1 aliphatic heterocycles. The van der Waals surface area contributed by atoms with Gasteiger partial charge in [-0.3, -0.25) is 4.79 Å². The van der Waals surface area contributed by atoms with Crippen LogP contribution in [0.2, 0.25) is 0 Å². The summed E-state index contributed by atoms with van der Waals surface area (Å²) in [5.41, 5.74) is 2.25. The molecule has 9 heteroatoms. The molecule has 1 N–H and O–H groups in total. The van der Waals surface area contributed by atoms with Crippen molar-refractivity contribution in [3.05, 3.63) is 59.5 Å². The van der Waals surface area contributed by atoms with E-state index in [2.05, 4.69) is 10.3 Å². The van der Waals surface area contributed by atoms with E-state index in [1.54, 1.807) is 24.3 Å². The minimum absolute atomic E-state index is 0.0768. The second-order valence-corrected chi connectivity index (χ2v) is 9.52. The maximum Gasteiger partial charge on any atom is 0.231 e. The summed E-state index contributed by atoms with van der Waals surface area (Å²) >= 11 is 1.28. The maximum atomic E-state index is 12.2. The second kappa shape index (κ2) is 8.22. The Hall–Kier alpha value is -2.91. The Morgan fingerprint density at radius 2 is 1.90 bits per heavy atom. The fourth-order valence-corrected chi connectivity index (χ4v) is 4.93. The number of carbonyl (C=O) groups is 1. The molecular weight excluding hydrogens is 412 g/mol. The van der Waals surface area contributed by atoms with Gasteiger partial charge in [0, 0.05) is 17.4 Å². The highest BCUT2D eigenvalue weighted by atomic mass is 32.2. The number of nitrogens with zero attached hydrogens (tertiary/aromatic N) is 1. The molecule has 2 heterocycles. The van der Waals surface area contributed by atoms with Gasteiger partial charge in [0.05, 0.1) is 17.2 Å². The average molecular weight is 431 g/mol. The monoisotopic (exact) mass is 430 g/mol. The standard InChI is InChI=1S/C20H18N2O5S2/c23-19(8-9-29(24,25)12-14-4-2-1-3-5-14)22-20-21-16(11-28-20)15-6-7-17-18(10-15)27-13-26-17/h1-7,10-11H,8-9,12-13H2,(H,21,22,23). The highest BCUT2D eigenvalue weighted by molar-refractivity contribution is 7.90. The summed E-state index contributed by atoms with van der Waals surface area (Å²) in [5, 5.41) is 4.91. The number of nitrogens with one attached hydrogen (secondary N) is 1. The fraction of sp³-hybridized carbons (Fsp3) is 0.200. The number of ether oxygens (including phenoxy) is 2. The van der Waals surface area contributed by atoms with Crippen LogP contribution in [0.4, 0.5) is 5.13 Å². The van der Waals surface area contributed by atoms with Gasteiger partial charge in [-0.15, -0.1) is 11.3 Å². The summed E-state index contributed by atoms with van der Waals surface area (Å²) in [5.74, 6) is 0.674. The number of aromatic nitrogens is 1. The van der Waals surface area contributed by atoms with Crippen molar-refractivity contribution in [3.8, 4) is 22.8 Å². The van der Waals surface area contributed by atoms with Gasteiger partial charge >= 0.3 is 0 Å². The number of fused-ring (bicyclic) bond motifs is 1. The number of thiazole rings is 1. The number of hydrogen-bond acceptors (Lipinski definition) is 7. The molecule has 0 aliphatic carbocycles. The van der Waals surface area contributed by atoms with Crippen LogP contribution in [0.5, 0.6) is 11.5 Å². The topological polar surface area (TPSA) is 94.6 Å². The zero-order chi connectivity index (χ0) is 20.3. The van der Waals surface area contributed by atoms with Crippen molar-refractivity contribution in [2.45, 2.75) is 12.2 Å². The molecule has 29 heavy (non-hydrogen) atoms. The van der Waals surface area contributed by atoms with E-state index in [9.17, 15) is 13.2 Å². The number of anilines is 1. The van der Waals surface area contributed by atoms with Crippen LogP contribution in [-0.4, -0.2) is 31.9 Å². The van der Waals surface area contributed by atoms with Crippen LogP contribution in [0.3, 0.4) is 0 Å². The van der Waals surface area contributed by atoms with Crippen molar-refractivity contribution in [2.75, 3.05) is 17.9 Å². The van der Waals surface area contributed by atoms with Gasteiger partial charge in [0.15, 0.2) is 26.5 Å². The number of hydrogen-bond donors (Lipinski definition) is 1. The smallest absolute Gasteiger partial charge is 0.231 e. The van der Waals surface area contributed by atoms with Gasteiger partial charge in [0.1, 0.15) is 0 Å². The number of amides is 1. The molecular formula is C20H18N2O5S2. The van der Waals surface area contributed by atoms with Gasteiger partial charge in [0.25, 0.3) is 0 Å². The lowest BCUT2D eigenvalue weighted by Crippen LogP contribution is -2.18. The van der Waals surface area contributed by atoms with Crippen LogP contribution in [0.1, 0.15) is 12.0 Å². The summed E-state index contributed by atoms with van der Waals surface area (Å²) in [6, 6.07) is 14.4. The molecule has 3 aromatic rings. The van der Waals surface area contributed by atoms with Crippen LogP contribution >= 0.6 is 11.3 Å². The predicted octanol–water partition coefficient (Wildman–Crippen LogP) is 3.48. The quantitative estimate of drug-likeness (QED) is 0.617. The van der Waals surface area contributed by atoms with Gasteiger partial charge in [-0.2, -0.15) is 0 Å². The Morgan fingerprint density at radius 1 is 1.10 bits per heavy atom. The van der Waals surface area contributed by atoms with E-state index in [0.29, 0.717) is 27.9 Å². The van der Waals surface area contributed by atoms with Crippen molar-refractivity contribution in [2.24, 2.45) is 0 Å². The lowest BCUT2D eigenvalue weighted by molar-refractivity contribution is -0.115. The maximum absolute atomic E-state index is 12.2. The summed E-state index contributed by atoms with van der Waals surface area (Å²) in [6.45, 7) is 0.199. The molecule has 0 saturated heterocycles. The zero-order valence-electron chi connectivity index (χ0n) is 15.3. The highest BCUT2D eigenvalue weighted by Crippen LogP contribution is 2.36. The summed E-state index contributed by atoms with van der Waals surface area (Å²) < 4.78 is 35.1. The van der Waals surface area contributed by atoms with Crippen LogP contribution in [0, 0.1) is 0 Å². The Kier molecular flexibility index (Phi) is 5.50. The summed E-state index contributed by atoms with van der Waals surface area (Å²) in [6.07, 6.45) is -0.117. The van der Waals surface area contributed by atoms with Crippen LogP contribution in [0.15, 0.2) is 53.9 Å². The molecule has 1 aromatic heterocycles. The predicted molar refractivity (Wildman–Crippen MR) is 111 cm³/mol. The van der Waals surface area contributed by atoms with E-state index in [1.165, 1.54) is 11.3 Å². The molecule has 0 bridgehead atoms.